The van der Waals surface area contributed by atoms with Crippen LogP contribution in [0.2, 0.25) is 0 Å². The molecule has 0 aromatic heterocycles. The molecule has 1 saturated carbocycles. The van der Waals surface area contributed by atoms with Crippen LogP contribution in [0.1, 0.15) is 65.7 Å². The Labute approximate surface area is 189 Å². The van der Waals surface area contributed by atoms with E-state index in [2.05, 4.69) is 41.2 Å². The molecule has 7 heteroatoms. The predicted octanol–water partition coefficient (Wildman–Crippen LogP) is 3.07. The standard InChI is InChI=1S/C21H41N5O.HI/c1-4-22-21(23-14-10-15-25(5-2)6-3)24-19-13-16-26(17-19)20(27)18-11-8-7-9-12-18;/h18-19H,4-17H2,1-3H3,(H2,22,23,24);1H. The van der Waals surface area contributed by atoms with Gasteiger partial charge in [0.1, 0.15) is 0 Å². The number of nitrogens with zero attached hydrogens (tertiary/aromatic N) is 3. The molecule has 0 spiro atoms. The van der Waals surface area contributed by atoms with Gasteiger partial charge in [-0.3, -0.25) is 9.79 Å². The minimum Gasteiger partial charge on any atom is -0.357 e. The van der Waals surface area contributed by atoms with E-state index < -0.39 is 0 Å². The molecule has 28 heavy (non-hydrogen) atoms. The number of rotatable bonds is 9. The first-order valence-corrected chi connectivity index (χ1v) is 11.2. The normalized spacial score (nSPS) is 20.9. The summed E-state index contributed by atoms with van der Waals surface area (Å²) in [4.78, 5) is 22.0. The van der Waals surface area contributed by atoms with Crippen LogP contribution in [0.3, 0.4) is 0 Å². The van der Waals surface area contributed by atoms with Crippen molar-refractivity contribution in [1.82, 2.24) is 20.4 Å². The topological polar surface area (TPSA) is 60.0 Å². The lowest BCUT2D eigenvalue weighted by Gasteiger charge is -2.26. The molecule has 1 unspecified atom stereocenters. The van der Waals surface area contributed by atoms with Gasteiger partial charge in [0.25, 0.3) is 0 Å². The Balaban J connectivity index is 0.00000392. The molecule has 1 saturated heterocycles. The molecule has 1 aliphatic heterocycles. The van der Waals surface area contributed by atoms with Crippen molar-refractivity contribution >= 4 is 35.8 Å². The molecule has 1 amide bonds. The first-order chi connectivity index (χ1) is 13.2. The molecule has 0 bridgehead atoms. The minimum absolute atomic E-state index is 0. The number of likely N-dealkylation sites (tertiary alicyclic amines) is 1. The van der Waals surface area contributed by atoms with E-state index in [0.29, 0.717) is 11.9 Å². The SMILES string of the molecule is CCNC(=NCCCN(CC)CC)NC1CCN(C(=O)C2CCCCC2)C1.I. The van der Waals surface area contributed by atoms with E-state index in [0.717, 1.165) is 77.5 Å². The molecule has 1 atom stereocenters. The lowest BCUT2D eigenvalue weighted by atomic mass is 9.88. The van der Waals surface area contributed by atoms with Crippen LogP contribution in [0.5, 0.6) is 0 Å². The average molecular weight is 508 g/mol. The summed E-state index contributed by atoms with van der Waals surface area (Å²) in [6.45, 7) is 13.2. The largest absolute Gasteiger partial charge is 0.357 e. The van der Waals surface area contributed by atoms with Gasteiger partial charge in [0.2, 0.25) is 5.91 Å². The van der Waals surface area contributed by atoms with Crippen molar-refractivity contribution in [2.45, 2.75) is 71.8 Å². The van der Waals surface area contributed by atoms with Crippen molar-refractivity contribution in [1.29, 1.82) is 0 Å². The third-order valence-electron chi connectivity index (χ3n) is 5.94. The molecular weight excluding hydrogens is 465 g/mol. The fourth-order valence-electron chi connectivity index (χ4n) is 4.22. The monoisotopic (exact) mass is 507 g/mol. The number of hydrogen-bond donors (Lipinski definition) is 2. The van der Waals surface area contributed by atoms with Gasteiger partial charge in [-0.2, -0.15) is 0 Å². The summed E-state index contributed by atoms with van der Waals surface area (Å²) >= 11 is 0. The van der Waals surface area contributed by atoms with E-state index in [1.54, 1.807) is 0 Å². The van der Waals surface area contributed by atoms with E-state index >= 15 is 0 Å². The van der Waals surface area contributed by atoms with Gasteiger partial charge < -0.3 is 20.4 Å². The molecule has 6 nitrogen and oxygen atoms in total. The van der Waals surface area contributed by atoms with Gasteiger partial charge >= 0.3 is 0 Å². The van der Waals surface area contributed by atoms with Crippen molar-refractivity contribution in [2.75, 3.05) is 45.8 Å². The van der Waals surface area contributed by atoms with Crippen LogP contribution in [0, 0.1) is 5.92 Å². The van der Waals surface area contributed by atoms with Crippen molar-refractivity contribution in [3.05, 3.63) is 0 Å². The van der Waals surface area contributed by atoms with Crippen LogP contribution < -0.4 is 10.6 Å². The van der Waals surface area contributed by atoms with Crippen LogP contribution >= 0.6 is 24.0 Å². The van der Waals surface area contributed by atoms with Gasteiger partial charge in [0, 0.05) is 38.1 Å². The summed E-state index contributed by atoms with van der Waals surface area (Å²) in [5, 5.41) is 6.91. The maximum Gasteiger partial charge on any atom is 0.225 e. The molecule has 0 aromatic carbocycles. The highest BCUT2D eigenvalue weighted by Gasteiger charge is 2.31. The van der Waals surface area contributed by atoms with Gasteiger partial charge in [0.05, 0.1) is 0 Å². The maximum absolute atomic E-state index is 12.7. The highest BCUT2D eigenvalue weighted by Crippen LogP contribution is 2.26. The third kappa shape index (κ3) is 8.43. The smallest absolute Gasteiger partial charge is 0.225 e. The predicted molar refractivity (Wildman–Crippen MR) is 128 cm³/mol. The molecular formula is C21H42IN5O. The second-order valence-electron chi connectivity index (χ2n) is 7.89. The summed E-state index contributed by atoms with van der Waals surface area (Å²) in [6, 6.07) is 0.318. The average Bonchev–Trinajstić information content (AvgIpc) is 3.16. The molecule has 2 fully saturated rings. The van der Waals surface area contributed by atoms with Crippen LogP contribution in [-0.4, -0.2) is 73.5 Å². The molecule has 2 rings (SSSR count). The Morgan fingerprint density at radius 1 is 1.11 bits per heavy atom. The second-order valence-corrected chi connectivity index (χ2v) is 7.89. The van der Waals surface area contributed by atoms with E-state index in [1.807, 2.05) is 0 Å². The summed E-state index contributed by atoms with van der Waals surface area (Å²) in [5.74, 6) is 1.56. The molecule has 0 radical (unpaired) electrons. The Hall–Kier alpha value is -0.570. The van der Waals surface area contributed by atoms with Crippen molar-refractivity contribution in [3.63, 3.8) is 0 Å². The summed E-state index contributed by atoms with van der Waals surface area (Å²) in [7, 11) is 0. The summed E-state index contributed by atoms with van der Waals surface area (Å²) in [5.41, 5.74) is 0. The first-order valence-electron chi connectivity index (χ1n) is 11.2. The highest BCUT2D eigenvalue weighted by molar-refractivity contribution is 14.0. The van der Waals surface area contributed by atoms with Gasteiger partial charge in [-0.25, -0.2) is 0 Å². The van der Waals surface area contributed by atoms with Crippen molar-refractivity contribution < 1.29 is 4.79 Å². The zero-order chi connectivity index (χ0) is 19.5. The summed E-state index contributed by atoms with van der Waals surface area (Å²) in [6.07, 6.45) is 8.00. The number of halogens is 1. The van der Waals surface area contributed by atoms with Crippen LogP contribution in [0.15, 0.2) is 4.99 Å². The van der Waals surface area contributed by atoms with Gasteiger partial charge in [0.15, 0.2) is 5.96 Å². The van der Waals surface area contributed by atoms with Crippen LogP contribution in [0.4, 0.5) is 0 Å². The molecule has 2 N–H and O–H groups in total. The van der Waals surface area contributed by atoms with E-state index in [9.17, 15) is 4.79 Å². The Morgan fingerprint density at radius 2 is 1.82 bits per heavy atom. The first kappa shape index (κ1) is 25.5. The number of amides is 1. The van der Waals surface area contributed by atoms with Gasteiger partial charge in [-0.1, -0.05) is 33.1 Å². The molecule has 0 aromatic rings. The molecule has 1 heterocycles. The Morgan fingerprint density at radius 3 is 2.46 bits per heavy atom. The van der Waals surface area contributed by atoms with Gasteiger partial charge in [-0.05, 0) is 52.2 Å². The van der Waals surface area contributed by atoms with E-state index in [1.165, 1.54) is 19.3 Å². The number of aliphatic imine (C=N–C) groups is 1. The number of hydrogen-bond acceptors (Lipinski definition) is 3. The maximum atomic E-state index is 12.7. The van der Waals surface area contributed by atoms with Gasteiger partial charge in [-0.15, -0.1) is 24.0 Å². The number of guanidine groups is 1. The lowest BCUT2D eigenvalue weighted by Crippen LogP contribution is -2.45. The van der Waals surface area contributed by atoms with Crippen molar-refractivity contribution in [2.24, 2.45) is 10.9 Å². The lowest BCUT2D eigenvalue weighted by molar-refractivity contribution is -0.135. The molecule has 2 aliphatic rings. The number of nitrogens with one attached hydrogen (secondary N) is 2. The minimum atomic E-state index is 0. The third-order valence-corrected chi connectivity index (χ3v) is 5.94. The fraction of sp³-hybridized carbons (Fsp3) is 0.905. The molecule has 164 valence electrons. The summed E-state index contributed by atoms with van der Waals surface area (Å²) < 4.78 is 0. The number of carbonyl (C=O) groups is 1. The highest BCUT2D eigenvalue weighted by atomic mass is 127. The quantitative estimate of drug-likeness (QED) is 0.218. The van der Waals surface area contributed by atoms with Crippen molar-refractivity contribution in [3.8, 4) is 0 Å². The van der Waals surface area contributed by atoms with Crippen LogP contribution in [-0.2, 0) is 4.79 Å². The van der Waals surface area contributed by atoms with E-state index in [-0.39, 0.29) is 29.9 Å². The Kier molecular flexibility index (Phi) is 13.1. The van der Waals surface area contributed by atoms with E-state index in [4.69, 9.17) is 4.99 Å². The zero-order valence-corrected chi connectivity index (χ0v) is 20.5. The fourth-order valence-corrected chi connectivity index (χ4v) is 4.22. The van der Waals surface area contributed by atoms with Crippen LogP contribution in [0.25, 0.3) is 0 Å². The zero-order valence-electron chi connectivity index (χ0n) is 18.2. The Bertz CT molecular complexity index is 464. The second kappa shape index (κ2) is 14.4. The molecule has 1 aliphatic carbocycles. The number of carbonyl (C=O) groups excluding carboxylic acids is 1.